The molecule has 0 unspecified atom stereocenters. The van der Waals surface area contributed by atoms with Crippen LogP contribution in [-0.2, 0) is 11.2 Å². The predicted molar refractivity (Wildman–Crippen MR) is 136 cm³/mol. The maximum atomic E-state index is 14.7. The average molecular weight is 511 g/mol. The van der Waals surface area contributed by atoms with Crippen molar-refractivity contribution in [2.75, 3.05) is 38.7 Å². The molecule has 0 saturated carbocycles. The summed E-state index contributed by atoms with van der Waals surface area (Å²) >= 11 is 0. The van der Waals surface area contributed by atoms with Gasteiger partial charge in [-0.1, -0.05) is 6.92 Å². The molecule has 11 heteroatoms. The van der Waals surface area contributed by atoms with Crippen LogP contribution in [0.15, 0.2) is 48.9 Å². The molecule has 4 N–H and O–H groups in total. The van der Waals surface area contributed by atoms with Crippen molar-refractivity contribution in [1.29, 1.82) is 0 Å². The highest BCUT2D eigenvalue weighted by Gasteiger charge is 2.18. The third kappa shape index (κ3) is 5.68. The van der Waals surface area contributed by atoms with Crippen molar-refractivity contribution in [3.63, 3.8) is 0 Å². The molecule has 0 saturated heterocycles. The van der Waals surface area contributed by atoms with Crippen LogP contribution in [0.3, 0.4) is 0 Å². The Morgan fingerprint density at radius 2 is 1.97 bits per heavy atom. The van der Waals surface area contributed by atoms with E-state index < -0.39 is 11.6 Å². The first kappa shape index (κ1) is 26.0. The van der Waals surface area contributed by atoms with E-state index in [-0.39, 0.29) is 17.2 Å². The van der Waals surface area contributed by atoms with E-state index in [0.29, 0.717) is 61.1 Å². The van der Waals surface area contributed by atoms with Crippen molar-refractivity contribution in [2.24, 2.45) is 5.73 Å². The fourth-order valence-electron chi connectivity index (χ4n) is 3.93. The number of nitrogens with one attached hydrogen (secondary N) is 2. The van der Waals surface area contributed by atoms with Crippen LogP contribution in [0.4, 0.5) is 20.3 Å². The lowest BCUT2D eigenvalue weighted by Gasteiger charge is -2.13. The van der Waals surface area contributed by atoms with Crippen LogP contribution in [0.5, 0.6) is 5.75 Å². The van der Waals surface area contributed by atoms with Gasteiger partial charge in [0, 0.05) is 48.4 Å². The number of amides is 1. The number of hydrogen-bond donors (Lipinski definition) is 3. The molecule has 194 valence electrons. The normalized spacial score (nSPS) is 11.1. The zero-order valence-corrected chi connectivity index (χ0v) is 20.6. The van der Waals surface area contributed by atoms with Gasteiger partial charge in [0.25, 0.3) is 5.91 Å². The molecule has 0 aliphatic heterocycles. The summed E-state index contributed by atoms with van der Waals surface area (Å²) in [6.07, 6.45) is 5.24. The Labute approximate surface area is 212 Å². The van der Waals surface area contributed by atoms with E-state index in [0.717, 1.165) is 17.7 Å². The fourth-order valence-corrected chi connectivity index (χ4v) is 3.93. The Bertz CT molecular complexity index is 1410. The lowest BCUT2D eigenvalue weighted by Crippen LogP contribution is -2.28. The van der Waals surface area contributed by atoms with Crippen LogP contribution >= 0.6 is 0 Å². The second-order valence-corrected chi connectivity index (χ2v) is 8.09. The number of rotatable bonds is 11. The zero-order valence-electron chi connectivity index (χ0n) is 20.6. The van der Waals surface area contributed by atoms with Gasteiger partial charge in [-0.05, 0) is 36.2 Å². The summed E-state index contributed by atoms with van der Waals surface area (Å²) in [5.41, 5.74) is 8.32. The standard InChI is InChI=1S/C26H28F2N6O3/c1-3-16-12-17(4-5-18(16)26(35)31-8-11-37-10-6-29)33-24-25-32-15-22(34(25)9-7-30-24)19-13-21(28)23(36-2)14-20(19)27/h4-5,7,9,12-15H,3,6,8,10-11,29H2,1-2H3,(H,30,33)(H,31,35). The Morgan fingerprint density at radius 3 is 2.73 bits per heavy atom. The van der Waals surface area contributed by atoms with Crippen molar-refractivity contribution in [3.05, 3.63) is 71.7 Å². The maximum absolute atomic E-state index is 14.7. The van der Waals surface area contributed by atoms with Gasteiger partial charge in [0.1, 0.15) is 5.82 Å². The maximum Gasteiger partial charge on any atom is 0.251 e. The summed E-state index contributed by atoms with van der Waals surface area (Å²) in [6, 6.07) is 7.46. The molecule has 2 aromatic carbocycles. The number of nitrogens with zero attached hydrogens (tertiary/aromatic N) is 3. The van der Waals surface area contributed by atoms with E-state index in [1.807, 2.05) is 13.0 Å². The molecule has 0 bridgehead atoms. The van der Waals surface area contributed by atoms with Crippen molar-refractivity contribution in [3.8, 4) is 17.0 Å². The van der Waals surface area contributed by atoms with Gasteiger partial charge in [-0.25, -0.2) is 18.7 Å². The molecule has 0 aliphatic rings. The highest BCUT2D eigenvalue weighted by molar-refractivity contribution is 5.96. The third-order valence-corrected chi connectivity index (χ3v) is 5.73. The summed E-state index contributed by atoms with van der Waals surface area (Å²) in [4.78, 5) is 21.4. The van der Waals surface area contributed by atoms with E-state index in [4.69, 9.17) is 15.2 Å². The first-order valence-electron chi connectivity index (χ1n) is 11.8. The van der Waals surface area contributed by atoms with Crippen molar-refractivity contribution in [1.82, 2.24) is 19.7 Å². The Kier molecular flexibility index (Phi) is 8.26. The molecular weight excluding hydrogens is 482 g/mol. The van der Waals surface area contributed by atoms with Crippen molar-refractivity contribution >= 4 is 23.1 Å². The summed E-state index contributed by atoms with van der Waals surface area (Å²) in [6.45, 7) is 3.61. The average Bonchev–Trinajstić information content (AvgIpc) is 3.34. The molecule has 37 heavy (non-hydrogen) atoms. The van der Waals surface area contributed by atoms with Crippen LogP contribution in [0.25, 0.3) is 16.9 Å². The van der Waals surface area contributed by atoms with Gasteiger partial charge in [-0.2, -0.15) is 0 Å². The predicted octanol–water partition coefficient (Wildman–Crippen LogP) is 3.69. The lowest BCUT2D eigenvalue weighted by atomic mass is 10.0. The number of benzene rings is 2. The Balaban J connectivity index is 1.57. The number of carbonyl (C=O) groups excluding carboxylic acids is 1. The van der Waals surface area contributed by atoms with E-state index in [1.165, 1.54) is 19.5 Å². The van der Waals surface area contributed by atoms with E-state index in [2.05, 4.69) is 20.6 Å². The second-order valence-electron chi connectivity index (χ2n) is 8.09. The van der Waals surface area contributed by atoms with E-state index in [9.17, 15) is 13.6 Å². The number of hydrogen-bond acceptors (Lipinski definition) is 7. The van der Waals surface area contributed by atoms with Gasteiger partial charge in [0.15, 0.2) is 23.0 Å². The number of halogens is 2. The number of carbonyl (C=O) groups is 1. The minimum Gasteiger partial charge on any atom is -0.494 e. The monoisotopic (exact) mass is 510 g/mol. The highest BCUT2D eigenvalue weighted by Crippen LogP contribution is 2.31. The lowest BCUT2D eigenvalue weighted by molar-refractivity contribution is 0.0919. The zero-order chi connectivity index (χ0) is 26.4. The molecule has 0 atom stereocenters. The molecule has 1 amide bonds. The molecule has 9 nitrogen and oxygen atoms in total. The molecule has 0 radical (unpaired) electrons. The Hall–Kier alpha value is -4.09. The first-order chi connectivity index (χ1) is 18.0. The smallest absolute Gasteiger partial charge is 0.251 e. The summed E-state index contributed by atoms with van der Waals surface area (Å²) < 4.78 is 40.8. The molecule has 4 aromatic rings. The number of ether oxygens (including phenoxy) is 2. The topological polar surface area (TPSA) is 116 Å². The molecule has 0 aliphatic carbocycles. The largest absolute Gasteiger partial charge is 0.494 e. The van der Waals surface area contributed by atoms with Gasteiger partial charge in [0.2, 0.25) is 0 Å². The molecule has 0 fully saturated rings. The van der Waals surface area contributed by atoms with Gasteiger partial charge >= 0.3 is 0 Å². The SMILES string of the molecule is CCc1cc(Nc2nccn3c(-c4cc(F)c(OC)cc4F)cnc23)ccc1C(=O)NCCOCCN. The summed E-state index contributed by atoms with van der Waals surface area (Å²) in [5.74, 6) is -1.27. The van der Waals surface area contributed by atoms with Gasteiger partial charge < -0.3 is 25.8 Å². The van der Waals surface area contributed by atoms with Gasteiger partial charge in [-0.3, -0.25) is 9.20 Å². The number of aryl methyl sites for hydroxylation is 1. The van der Waals surface area contributed by atoms with Gasteiger partial charge in [0.05, 0.1) is 32.2 Å². The van der Waals surface area contributed by atoms with Crippen molar-refractivity contribution in [2.45, 2.75) is 13.3 Å². The molecule has 4 rings (SSSR count). The van der Waals surface area contributed by atoms with Crippen molar-refractivity contribution < 1.29 is 23.0 Å². The Morgan fingerprint density at radius 1 is 1.14 bits per heavy atom. The minimum atomic E-state index is -0.680. The molecule has 2 aromatic heterocycles. The van der Waals surface area contributed by atoms with Crippen LogP contribution in [0, 0.1) is 11.6 Å². The number of nitrogens with two attached hydrogens (primary N) is 1. The van der Waals surface area contributed by atoms with E-state index >= 15 is 0 Å². The molecule has 0 spiro atoms. The fraction of sp³-hybridized carbons (Fsp3) is 0.269. The molecular formula is C26H28F2N6O3. The van der Waals surface area contributed by atoms with Gasteiger partial charge in [-0.15, -0.1) is 0 Å². The third-order valence-electron chi connectivity index (χ3n) is 5.73. The quantitative estimate of drug-likeness (QED) is 0.264. The second kappa shape index (κ2) is 11.8. The number of methoxy groups -OCH3 is 1. The number of aromatic nitrogens is 3. The van der Waals surface area contributed by atoms with Crippen LogP contribution < -0.4 is 21.1 Å². The van der Waals surface area contributed by atoms with E-state index in [1.54, 1.807) is 22.7 Å². The first-order valence-corrected chi connectivity index (χ1v) is 11.8. The number of anilines is 2. The highest BCUT2D eigenvalue weighted by atomic mass is 19.1. The minimum absolute atomic E-state index is 0.0417. The molecule has 2 heterocycles. The number of imidazole rings is 1. The van der Waals surface area contributed by atoms with Crippen LogP contribution in [0.1, 0.15) is 22.8 Å². The number of fused-ring (bicyclic) bond motifs is 1. The summed E-state index contributed by atoms with van der Waals surface area (Å²) in [5, 5.41) is 6.06. The van der Waals surface area contributed by atoms with Crippen LogP contribution in [0.2, 0.25) is 0 Å². The van der Waals surface area contributed by atoms with Crippen LogP contribution in [-0.4, -0.2) is 53.7 Å². The summed E-state index contributed by atoms with van der Waals surface area (Å²) in [7, 11) is 1.28.